The Morgan fingerprint density at radius 2 is 2.00 bits per heavy atom. The summed E-state index contributed by atoms with van der Waals surface area (Å²) < 4.78 is 3.74. The molecule has 0 N–H and O–H groups in total. The molecule has 0 aliphatic heterocycles. The van der Waals surface area contributed by atoms with Gasteiger partial charge in [-0.05, 0) is 0 Å². The molecule has 50 valence electrons. The third kappa shape index (κ3) is 0.823. The van der Waals surface area contributed by atoms with Crippen molar-refractivity contribution in [3.05, 3.63) is 11.4 Å². The van der Waals surface area contributed by atoms with E-state index < -0.39 is 0 Å². The maximum Gasteiger partial charge on any atom is 0.167 e. The second kappa shape index (κ2) is 1.83. The first kappa shape index (κ1) is 6.26. The maximum atomic E-state index is 4.14. The predicted octanol–water partition coefficient (Wildman–Crippen LogP) is -0.139. The van der Waals surface area contributed by atoms with Gasteiger partial charge in [0, 0.05) is 13.8 Å². The van der Waals surface area contributed by atoms with E-state index >= 15 is 0 Å². The second-order valence-corrected chi connectivity index (χ2v) is 2.31. The third-order valence-corrected chi connectivity index (χ3v) is 1.76. The molecule has 0 fully saturated rings. The average Bonchev–Trinajstić information content (AvgIpc) is 1.98. The van der Waals surface area contributed by atoms with E-state index in [-0.39, 0.29) is 0 Å². The van der Waals surface area contributed by atoms with Gasteiger partial charge in [0.25, 0.3) is 0 Å². The fraction of sp³-hybridized carbons (Fsp3) is 0.667. The molecule has 1 heterocycles. The Kier molecular flexibility index (Phi) is 1.27. The highest BCUT2D eigenvalue weighted by Crippen LogP contribution is 1.94. The van der Waals surface area contributed by atoms with Crippen molar-refractivity contribution in [2.75, 3.05) is 0 Å². The largest absolute Gasteiger partial charge is 0.167 e. The van der Waals surface area contributed by atoms with Crippen LogP contribution in [-0.4, -0.2) is 9.90 Å². The summed E-state index contributed by atoms with van der Waals surface area (Å²) in [5.74, 6) is 0. The first-order valence-corrected chi connectivity index (χ1v) is 2.99. The van der Waals surface area contributed by atoms with Gasteiger partial charge in [0.05, 0.1) is 5.21 Å². The van der Waals surface area contributed by atoms with Gasteiger partial charge in [-0.15, -0.1) is 9.36 Å². The van der Waals surface area contributed by atoms with Gasteiger partial charge in [-0.2, -0.15) is 0 Å². The molecule has 0 radical (unpaired) electrons. The van der Waals surface area contributed by atoms with Crippen molar-refractivity contribution in [3.63, 3.8) is 0 Å². The van der Waals surface area contributed by atoms with Crippen molar-refractivity contribution < 1.29 is 4.68 Å². The minimum absolute atomic E-state index is 1.22. The molecule has 0 aliphatic carbocycles. The first-order valence-electron chi connectivity index (χ1n) is 2.99. The van der Waals surface area contributed by atoms with E-state index in [4.69, 9.17) is 0 Å². The number of aromatic nitrogens is 3. The summed E-state index contributed by atoms with van der Waals surface area (Å²) in [5, 5.41) is 4.14. The fourth-order valence-electron chi connectivity index (χ4n) is 0.804. The monoisotopic (exact) mass is 126 g/mol. The van der Waals surface area contributed by atoms with Crippen LogP contribution in [0.5, 0.6) is 0 Å². The number of hydrogen-bond donors (Lipinski definition) is 0. The molecule has 1 rings (SSSR count). The lowest BCUT2D eigenvalue weighted by Crippen LogP contribution is -2.33. The summed E-state index contributed by atoms with van der Waals surface area (Å²) in [6, 6.07) is 0. The third-order valence-electron chi connectivity index (χ3n) is 1.76. The molecule has 0 saturated heterocycles. The molecule has 3 heteroatoms. The van der Waals surface area contributed by atoms with Crippen LogP contribution in [-0.2, 0) is 14.1 Å². The molecule has 0 aromatic carbocycles. The molecule has 9 heavy (non-hydrogen) atoms. The van der Waals surface area contributed by atoms with Crippen LogP contribution < -0.4 is 4.68 Å². The Hall–Kier alpha value is -0.860. The number of hydrogen-bond acceptors (Lipinski definition) is 1. The van der Waals surface area contributed by atoms with Gasteiger partial charge in [0.2, 0.25) is 0 Å². The molecule has 0 atom stereocenters. The molecular weight excluding hydrogens is 114 g/mol. The molecule has 0 saturated carbocycles. The quantitative estimate of drug-likeness (QED) is 0.443. The van der Waals surface area contributed by atoms with Crippen molar-refractivity contribution in [2.24, 2.45) is 14.1 Å². The highest BCUT2D eigenvalue weighted by Gasteiger charge is 2.10. The van der Waals surface area contributed by atoms with Crippen molar-refractivity contribution >= 4 is 0 Å². The van der Waals surface area contributed by atoms with Crippen molar-refractivity contribution in [1.82, 2.24) is 9.90 Å². The van der Waals surface area contributed by atoms with Crippen LogP contribution in [0.4, 0.5) is 0 Å². The molecule has 0 aliphatic rings. The van der Waals surface area contributed by atoms with Crippen LogP contribution in [0.15, 0.2) is 0 Å². The summed E-state index contributed by atoms with van der Waals surface area (Å²) in [5.41, 5.74) is 2.44. The van der Waals surface area contributed by atoms with Gasteiger partial charge in [0.1, 0.15) is 14.1 Å². The lowest BCUT2D eigenvalue weighted by molar-refractivity contribution is -0.737. The lowest BCUT2D eigenvalue weighted by Gasteiger charge is -1.79. The molecule has 3 nitrogen and oxygen atoms in total. The van der Waals surface area contributed by atoms with Gasteiger partial charge < -0.3 is 0 Å². The zero-order chi connectivity index (χ0) is 7.02. The molecule has 0 unspecified atom stereocenters. The predicted molar refractivity (Wildman–Crippen MR) is 33.9 cm³/mol. The van der Waals surface area contributed by atoms with Crippen LogP contribution in [0.3, 0.4) is 0 Å². The first-order chi connectivity index (χ1) is 4.13. The number of rotatable bonds is 0. The summed E-state index contributed by atoms with van der Waals surface area (Å²) >= 11 is 0. The summed E-state index contributed by atoms with van der Waals surface area (Å²) in [6.07, 6.45) is 0. The topological polar surface area (TPSA) is 21.7 Å². The number of nitrogens with zero attached hydrogens (tertiary/aromatic N) is 3. The zero-order valence-electron chi connectivity index (χ0n) is 6.34. The maximum absolute atomic E-state index is 4.14. The Morgan fingerprint density at radius 1 is 1.44 bits per heavy atom. The van der Waals surface area contributed by atoms with Gasteiger partial charge in [0.15, 0.2) is 11.4 Å². The fourth-order valence-corrected chi connectivity index (χ4v) is 0.804. The minimum atomic E-state index is 1.22. The molecule has 1 aromatic heterocycles. The normalized spacial score (nSPS) is 10.2. The Morgan fingerprint density at radius 3 is 2.11 bits per heavy atom. The SMILES string of the molecule is Cc1c(C)[n+](C)nn1C. The van der Waals surface area contributed by atoms with Gasteiger partial charge in [-0.3, -0.25) is 0 Å². The van der Waals surface area contributed by atoms with Gasteiger partial charge in [-0.25, -0.2) is 0 Å². The van der Waals surface area contributed by atoms with E-state index in [9.17, 15) is 0 Å². The standard InChI is InChI=1S/C6H12N3/c1-5-6(2)9(4)7-8(5)3/h1-4H3/q+1. The Bertz CT molecular complexity index is 202. The zero-order valence-corrected chi connectivity index (χ0v) is 6.34. The van der Waals surface area contributed by atoms with E-state index in [2.05, 4.69) is 19.1 Å². The number of aryl methyl sites for hydroxylation is 2. The molecule has 0 spiro atoms. The Labute approximate surface area is 54.9 Å². The van der Waals surface area contributed by atoms with Gasteiger partial charge in [-0.1, -0.05) is 0 Å². The van der Waals surface area contributed by atoms with Crippen LogP contribution in [0.25, 0.3) is 0 Å². The second-order valence-electron chi connectivity index (χ2n) is 2.31. The summed E-state index contributed by atoms with van der Waals surface area (Å²) in [4.78, 5) is 0. The summed E-state index contributed by atoms with van der Waals surface area (Å²) in [6.45, 7) is 4.12. The lowest BCUT2D eigenvalue weighted by atomic mass is 10.4. The van der Waals surface area contributed by atoms with Crippen LogP contribution in [0.1, 0.15) is 11.4 Å². The molecule has 0 bridgehead atoms. The minimum Gasteiger partial charge on any atom is -0.137 e. The van der Waals surface area contributed by atoms with Gasteiger partial charge >= 0.3 is 0 Å². The van der Waals surface area contributed by atoms with Crippen LogP contribution in [0.2, 0.25) is 0 Å². The molecular formula is C6H12N3+. The van der Waals surface area contributed by atoms with Crippen LogP contribution >= 0.6 is 0 Å². The van der Waals surface area contributed by atoms with E-state index in [0.717, 1.165) is 0 Å². The molecule has 1 aromatic rings. The van der Waals surface area contributed by atoms with E-state index in [1.54, 1.807) is 0 Å². The molecule has 0 amide bonds. The highest BCUT2D eigenvalue weighted by molar-refractivity contribution is 4.98. The Balaban J connectivity index is 3.29. The average molecular weight is 126 g/mol. The van der Waals surface area contributed by atoms with Crippen LogP contribution in [0, 0.1) is 13.8 Å². The van der Waals surface area contributed by atoms with E-state index in [0.29, 0.717) is 0 Å². The smallest absolute Gasteiger partial charge is 0.137 e. The summed E-state index contributed by atoms with van der Waals surface area (Å²) in [7, 11) is 3.89. The van der Waals surface area contributed by atoms with Crippen molar-refractivity contribution in [3.8, 4) is 0 Å². The van der Waals surface area contributed by atoms with Crippen molar-refractivity contribution in [1.29, 1.82) is 0 Å². The highest BCUT2D eigenvalue weighted by atomic mass is 15.5. The van der Waals surface area contributed by atoms with E-state index in [1.807, 2.05) is 23.5 Å². The van der Waals surface area contributed by atoms with Crippen molar-refractivity contribution in [2.45, 2.75) is 13.8 Å². The van der Waals surface area contributed by atoms with E-state index in [1.165, 1.54) is 11.4 Å².